The first-order valence-corrected chi connectivity index (χ1v) is 5.54. The Balaban J connectivity index is 3.35. The highest BCUT2D eigenvalue weighted by Crippen LogP contribution is 2.34. The van der Waals surface area contributed by atoms with Gasteiger partial charge in [0.15, 0.2) is 0 Å². The smallest absolute Gasteiger partial charge is 0.417 e. The lowest BCUT2D eigenvalue weighted by Crippen LogP contribution is -2.14. The summed E-state index contributed by atoms with van der Waals surface area (Å²) in [5.41, 5.74) is -2.44. The van der Waals surface area contributed by atoms with Crippen molar-refractivity contribution in [3.63, 3.8) is 0 Å². The van der Waals surface area contributed by atoms with Crippen molar-refractivity contribution in [2.24, 2.45) is 0 Å². The van der Waals surface area contributed by atoms with Gasteiger partial charge in [0, 0.05) is 5.33 Å². The van der Waals surface area contributed by atoms with Crippen molar-refractivity contribution in [1.82, 2.24) is 0 Å². The van der Waals surface area contributed by atoms with Crippen molar-refractivity contribution in [1.29, 1.82) is 0 Å². The molecule has 0 saturated carbocycles. The second-order valence-corrected chi connectivity index (χ2v) is 3.88. The van der Waals surface area contributed by atoms with E-state index in [1.54, 1.807) is 0 Å². The highest BCUT2D eigenvalue weighted by Gasteiger charge is 2.36. The van der Waals surface area contributed by atoms with Gasteiger partial charge in [0.2, 0.25) is 0 Å². The quantitative estimate of drug-likeness (QED) is 0.680. The Labute approximate surface area is 102 Å². The number of aromatic carboxylic acids is 1. The number of rotatable bonds is 3. The van der Waals surface area contributed by atoms with E-state index in [9.17, 15) is 22.4 Å². The summed E-state index contributed by atoms with van der Waals surface area (Å²) in [6, 6.07) is 2.32. The van der Waals surface area contributed by atoms with Gasteiger partial charge >= 0.3 is 12.1 Å². The molecule has 94 valence electrons. The fourth-order valence-corrected chi connectivity index (χ4v) is 1.64. The summed E-state index contributed by atoms with van der Waals surface area (Å²) in [5, 5.41) is 8.46. The van der Waals surface area contributed by atoms with Crippen molar-refractivity contribution in [2.75, 3.05) is 5.33 Å². The lowest BCUT2D eigenvalue weighted by Gasteiger charge is -2.13. The van der Waals surface area contributed by atoms with Crippen LogP contribution in [0.5, 0.6) is 0 Å². The van der Waals surface area contributed by atoms with Gasteiger partial charge in [-0.3, -0.25) is 0 Å². The largest absolute Gasteiger partial charge is 0.478 e. The number of carbonyl (C=O) groups is 1. The molecule has 0 aliphatic heterocycles. The van der Waals surface area contributed by atoms with Crippen LogP contribution in [0.1, 0.15) is 27.7 Å². The monoisotopic (exact) mass is 314 g/mol. The number of carboxylic acids is 1. The molecule has 0 aliphatic carbocycles. The topological polar surface area (TPSA) is 37.3 Å². The standard InChI is InChI=1S/C10H7BrF4O2/c11-4-8(12)5-1-2-6(9(16)17)7(3-5)10(13,14)15/h1-3,8H,4H2,(H,16,17). The molecular weight excluding hydrogens is 308 g/mol. The van der Waals surface area contributed by atoms with E-state index < -0.39 is 29.4 Å². The van der Waals surface area contributed by atoms with Crippen LogP contribution in [0, 0.1) is 0 Å². The molecule has 0 fully saturated rings. The minimum atomic E-state index is -4.82. The number of carboxylic acid groups (broad SMARTS) is 1. The molecule has 7 heteroatoms. The molecule has 1 aromatic carbocycles. The maximum Gasteiger partial charge on any atom is 0.417 e. The van der Waals surface area contributed by atoms with Crippen LogP contribution in [0.25, 0.3) is 0 Å². The fraction of sp³-hybridized carbons (Fsp3) is 0.300. The third kappa shape index (κ3) is 3.18. The predicted octanol–water partition coefficient (Wildman–Crippen LogP) is 3.81. The third-order valence-corrected chi connectivity index (χ3v) is 2.65. The number of hydrogen-bond donors (Lipinski definition) is 1. The van der Waals surface area contributed by atoms with Crippen molar-refractivity contribution in [3.05, 3.63) is 34.9 Å². The number of benzene rings is 1. The first-order chi connectivity index (χ1) is 7.77. The second kappa shape index (κ2) is 5.03. The average Bonchev–Trinajstić information content (AvgIpc) is 2.25. The van der Waals surface area contributed by atoms with Gasteiger partial charge in [0.1, 0.15) is 6.17 Å². The molecule has 0 heterocycles. The van der Waals surface area contributed by atoms with E-state index in [1.165, 1.54) is 0 Å². The Bertz CT molecular complexity index is 431. The molecule has 1 unspecified atom stereocenters. The molecule has 17 heavy (non-hydrogen) atoms. The molecule has 0 bridgehead atoms. The molecule has 0 aromatic heterocycles. The van der Waals surface area contributed by atoms with Gasteiger partial charge in [-0.2, -0.15) is 13.2 Å². The van der Waals surface area contributed by atoms with Crippen LogP contribution in [-0.2, 0) is 6.18 Å². The zero-order chi connectivity index (χ0) is 13.2. The molecular formula is C10H7BrF4O2. The molecule has 2 nitrogen and oxygen atoms in total. The summed E-state index contributed by atoms with van der Waals surface area (Å²) in [6.45, 7) is 0. The van der Waals surface area contributed by atoms with E-state index in [4.69, 9.17) is 5.11 Å². The zero-order valence-electron chi connectivity index (χ0n) is 8.26. The van der Waals surface area contributed by atoms with Gasteiger partial charge in [0.25, 0.3) is 0 Å². The van der Waals surface area contributed by atoms with Gasteiger partial charge in [-0.1, -0.05) is 22.0 Å². The van der Waals surface area contributed by atoms with Crippen LogP contribution in [0.15, 0.2) is 18.2 Å². The summed E-state index contributed by atoms with van der Waals surface area (Å²) in [6.07, 6.45) is -6.44. The van der Waals surface area contributed by atoms with Crippen LogP contribution in [0.3, 0.4) is 0 Å². The van der Waals surface area contributed by atoms with Crippen LogP contribution >= 0.6 is 15.9 Å². The van der Waals surface area contributed by atoms with Gasteiger partial charge in [-0.05, 0) is 17.7 Å². The maximum atomic E-state index is 13.2. The van der Waals surface area contributed by atoms with Crippen LogP contribution in [-0.4, -0.2) is 16.4 Å². The minimum absolute atomic E-state index is 0.156. The summed E-state index contributed by atoms with van der Waals surface area (Å²) >= 11 is 2.80. The van der Waals surface area contributed by atoms with E-state index in [2.05, 4.69) is 15.9 Å². The third-order valence-electron chi connectivity index (χ3n) is 2.08. The molecule has 1 atom stereocenters. The molecule has 0 radical (unpaired) electrons. The maximum absolute atomic E-state index is 13.2. The molecule has 1 aromatic rings. The van der Waals surface area contributed by atoms with E-state index >= 15 is 0 Å². The van der Waals surface area contributed by atoms with E-state index in [1.807, 2.05) is 0 Å². The fourth-order valence-electron chi connectivity index (χ4n) is 1.27. The highest BCUT2D eigenvalue weighted by molar-refractivity contribution is 9.09. The summed E-state index contributed by atoms with van der Waals surface area (Å²) < 4.78 is 50.9. The number of alkyl halides is 5. The minimum Gasteiger partial charge on any atom is -0.478 e. The highest BCUT2D eigenvalue weighted by atomic mass is 79.9. The molecule has 0 aliphatic rings. The molecule has 0 amide bonds. The number of hydrogen-bond acceptors (Lipinski definition) is 1. The second-order valence-electron chi connectivity index (χ2n) is 3.23. The Morgan fingerprint density at radius 3 is 2.41 bits per heavy atom. The predicted molar refractivity (Wildman–Crippen MR) is 56.0 cm³/mol. The Morgan fingerprint density at radius 2 is 2.00 bits per heavy atom. The lowest BCUT2D eigenvalue weighted by molar-refractivity contribution is -0.138. The molecule has 0 spiro atoms. The number of halogens is 5. The van der Waals surface area contributed by atoms with Crippen molar-refractivity contribution >= 4 is 21.9 Å². The normalized spacial score (nSPS) is 13.5. The average molecular weight is 315 g/mol. The first-order valence-electron chi connectivity index (χ1n) is 4.42. The van der Waals surface area contributed by atoms with E-state index in [0.29, 0.717) is 6.07 Å². The van der Waals surface area contributed by atoms with Crippen LogP contribution in [0.2, 0.25) is 0 Å². The first kappa shape index (κ1) is 14.0. The van der Waals surface area contributed by atoms with Crippen molar-refractivity contribution in [2.45, 2.75) is 12.3 Å². The van der Waals surface area contributed by atoms with E-state index in [-0.39, 0.29) is 10.9 Å². The lowest BCUT2D eigenvalue weighted by atomic mass is 10.0. The van der Waals surface area contributed by atoms with Crippen LogP contribution < -0.4 is 0 Å². The summed E-state index contributed by atoms with van der Waals surface area (Å²) in [4.78, 5) is 10.6. The molecule has 0 saturated heterocycles. The zero-order valence-corrected chi connectivity index (χ0v) is 9.85. The molecule has 1 N–H and O–H groups in total. The van der Waals surface area contributed by atoms with Crippen molar-refractivity contribution in [3.8, 4) is 0 Å². The summed E-state index contributed by atoms with van der Waals surface area (Å²) in [5.74, 6) is -1.70. The van der Waals surface area contributed by atoms with Gasteiger partial charge in [-0.25, -0.2) is 9.18 Å². The Morgan fingerprint density at radius 1 is 1.41 bits per heavy atom. The van der Waals surface area contributed by atoms with Gasteiger partial charge in [-0.15, -0.1) is 0 Å². The SMILES string of the molecule is O=C(O)c1ccc(C(F)CBr)cc1C(F)(F)F. The van der Waals surface area contributed by atoms with Gasteiger partial charge < -0.3 is 5.11 Å². The van der Waals surface area contributed by atoms with Crippen LogP contribution in [0.4, 0.5) is 17.6 Å². The summed E-state index contributed by atoms with van der Waals surface area (Å²) in [7, 11) is 0. The van der Waals surface area contributed by atoms with Crippen molar-refractivity contribution < 1.29 is 27.5 Å². The Kier molecular flexibility index (Phi) is 4.13. The van der Waals surface area contributed by atoms with E-state index in [0.717, 1.165) is 12.1 Å². The van der Waals surface area contributed by atoms with Gasteiger partial charge in [0.05, 0.1) is 11.1 Å². The Hall–Kier alpha value is -1.11. The molecule has 1 rings (SSSR count).